The predicted molar refractivity (Wildman–Crippen MR) is 84.5 cm³/mol. The second-order valence-corrected chi connectivity index (χ2v) is 5.92. The number of ether oxygens (including phenoxy) is 2. The predicted octanol–water partition coefficient (Wildman–Crippen LogP) is 3.86. The van der Waals surface area contributed by atoms with Gasteiger partial charge in [0.15, 0.2) is 11.5 Å². The Kier molecular flexibility index (Phi) is 5.33. The molecule has 5 nitrogen and oxygen atoms in total. The molecule has 0 bridgehead atoms. The van der Waals surface area contributed by atoms with E-state index in [0.717, 1.165) is 18.6 Å². The lowest BCUT2D eigenvalue weighted by molar-refractivity contribution is -0.385. The largest absolute Gasteiger partial charge is 0.493 e. The van der Waals surface area contributed by atoms with Crippen LogP contribution in [-0.2, 0) is 0 Å². The molecule has 0 saturated heterocycles. The molecule has 1 aliphatic rings. The number of nitro benzene ring substituents is 1. The van der Waals surface area contributed by atoms with E-state index in [0.29, 0.717) is 18.1 Å². The number of nitro groups is 1. The lowest BCUT2D eigenvalue weighted by atomic mass is 9.76. The number of non-ortho nitro benzene ring substituents is 1. The van der Waals surface area contributed by atoms with E-state index in [9.17, 15) is 10.1 Å². The molecule has 21 heavy (non-hydrogen) atoms. The number of thiol groups is 1. The molecule has 0 amide bonds. The number of hydrogen-bond acceptors (Lipinski definition) is 5. The average molecular weight is 311 g/mol. The fourth-order valence-corrected chi connectivity index (χ4v) is 3.18. The summed E-state index contributed by atoms with van der Waals surface area (Å²) in [5.74, 6) is 1.72. The Bertz CT molecular complexity index is 500. The van der Waals surface area contributed by atoms with Gasteiger partial charge in [-0.25, -0.2) is 0 Å². The Morgan fingerprint density at radius 2 is 2.00 bits per heavy atom. The van der Waals surface area contributed by atoms with Crippen molar-refractivity contribution in [3.05, 3.63) is 28.3 Å². The maximum absolute atomic E-state index is 10.9. The summed E-state index contributed by atoms with van der Waals surface area (Å²) in [6, 6.07) is 4.41. The Labute approximate surface area is 130 Å². The van der Waals surface area contributed by atoms with Gasteiger partial charge in [0.25, 0.3) is 5.69 Å². The summed E-state index contributed by atoms with van der Waals surface area (Å²) in [6.45, 7) is 0.522. The summed E-state index contributed by atoms with van der Waals surface area (Å²) < 4.78 is 11.1. The van der Waals surface area contributed by atoms with Gasteiger partial charge in [0, 0.05) is 11.5 Å². The highest BCUT2D eigenvalue weighted by atomic mass is 32.1. The molecule has 1 aromatic carbocycles. The van der Waals surface area contributed by atoms with Gasteiger partial charge < -0.3 is 9.47 Å². The first-order valence-electron chi connectivity index (χ1n) is 7.16. The molecule has 0 aromatic heterocycles. The zero-order valence-electron chi connectivity index (χ0n) is 12.2. The van der Waals surface area contributed by atoms with Crippen molar-refractivity contribution in [2.75, 3.05) is 19.5 Å². The van der Waals surface area contributed by atoms with Crippen molar-refractivity contribution in [1.29, 1.82) is 0 Å². The molecule has 1 aliphatic carbocycles. The molecule has 116 valence electrons. The van der Waals surface area contributed by atoms with E-state index in [1.54, 1.807) is 6.07 Å². The molecule has 0 aliphatic heterocycles. The molecule has 0 radical (unpaired) electrons. The molecule has 1 saturated carbocycles. The van der Waals surface area contributed by atoms with Crippen LogP contribution in [0.1, 0.15) is 32.1 Å². The first-order chi connectivity index (χ1) is 10.1. The van der Waals surface area contributed by atoms with E-state index in [1.165, 1.54) is 38.5 Å². The second kappa shape index (κ2) is 7.02. The Hall–Kier alpha value is -1.43. The Balaban J connectivity index is 2.13. The normalized spacial score (nSPS) is 17.2. The molecule has 2 rings (SSSR count). The molecule has 0 N–H and O–H groups in total. The van der Waals surface area contributed by atoms with Gasteiger partial charge in [-0.3, -0.25) is 10.1 Å². The van der Waals surface area contributed by atoms with Gasteiger partial charge in [0.1, 0.15) is 0 Å². The SMILES string of the molecule is COc1ccc([N+](=O)[O-])cc1OCC1(CS)CCCCC1. The van der Waals surface area contributed by atoms with Crippen LogP contribution in [0, 0.1) is 15.5 Å². The van der Waals surface area contributed by atoms with Crippen molar-refractivity contribution >= 4 is 18.3 Å². The summed E-state index contributed by atoms with van der Waals surface area (Å²) in [5.41, 5.74) is 0.0751. The van der Waals surface area contributed by atoms with Gasteiger partial charge in [-0.15, -0.1) is 0 Å². The van der Waals surface area contributed by atoms with Crippen molar-refractivity contribution in [3.63, 3.8) is 0 Å². The van der Waals surface area contributed by atoms with E-state index in [2.05, 4.69) is 12.6 Å². The summed E-state index contributed by atoms with van der Waals surface area (Å²) in [5, 5.41) is 10.9. The third-order valence-corrected chi connectivity index (χ3v) is 4.81. The number of hydrogen-bond donors (Lipinski definition) is 1. The average Bonchev–Trinajstić information content (AvgIpc) is 2.53. The highest BCUT2D eigenvalue weighted by Crippen LogP contribution is 2.39. The van der Waals surface area contributed by atoms with E-state index in [4.69, 9.17) is 9.47 Å². The van der Waals surface area contributed by atoms with Crippen LogP contribution in [0.25, 0.3) is 0 Å². The Morgan fingerprint density at radius 1 is 1.29 bits per heavy atom. The minimum absolute atomic E-state index is 0.00867. The maximum atomic E-state index is 10.9. The van der Waals surface area contributed by atoms with Gasteiger partial charge in [-0.2, -0.15) is 12.6 Å². The lowest BCUT2D eigenvalue weighted by Gasteiger charge is -2.35. The second-order valence-electron chi connectivity index (χ2n) is 5.60. The number of nitrogens with zero attached hydrogens (tertiary/aromatic N) is 1. The Morgan fingerprint density at radius 3 is 2.57 bits per heavy atom. The maximum Gasteiger partial charge on any atom is 0.273 e. The van der Waals surface area contributed by atoms with Crippen LogP contribution < -0.4 is 9.47 Å². The molecule has 0 spiro atoms. The van der Waals surface area contributed by atoms with Crippen LogP contribution in [0.5, 0.6) is 11.5 Å². The zero-order valence-corrected chi connectivity index (χ0v) is 13.1. The quantitative estimate of drug-likeness (QED) is 0.492. The molecule has 1 fully saturated rings. The summed E-state index contributed by atoms with van der Waals surface area (Å²) in [4.78, 5) is 10.4. The highest BCUT2D eigenvalue weighted by Gasteiger charge is 2.32. The van der Waals surface area contributed by atoms with Crippen LogP contribution in [0.15, 0.2) is 18.2 Å². The van der Waals surface area contributed by atoms with Crippen LogP contribution in [-0.4, -0.2) is 24.4 Å². The van der Waals surface area contributed by atoms with Crippen LogP contribution in [0.4, 0.5) is 5.69 Å². The summed E-state index contributed by atoms with van der Waals surface area (Å²) in [7, 11) is 1.53. The fraction of sp³-hybridized carbons (Fsp3) is 0.600. The molecule has 0 unspecified atom stereocenters. The van der Waals surface area contributed by atoms with Crippen molar-refractivity contribution in [1.82, 2.24) is 0 Å². The molecule has 1 aromatic rings. The monoisotopic (exact) mass is 311 g/mol. The summed E-state index contributed by atoms with van der Waals surface area (Å²) >= 11 is 4.48. The minimum Gasteiger partial charge on any atom is -0.493 e. The molecule has 6 heteroatoms. The molecule has 0 atom stereocenters. The van der Waals surface area contributed by atoms with Gasteiger partial charge in [-0.05, 0) is 24.7 Å². The van der Waals surface area contributed by atoms with E-state index in [-0.39, 0.29) is 11.1 Å². The standard InChI is InChI=1S/C15H21NO4S/c1-19-13-6-5-12(16(17)18)9-14(13)20-10-15(11-21)7-3-2-4-8-15/h5-6,9,21H,2-4,7-8,10-11H2,1H3. The fourth-order valence-electron chi connectivity index (χ4n) is 2.77. The number of methoxy groups -OCH3 is 1. The van der Waals surface area contributed by atoms with E-state index < -0.39 is 4.92 Å². The van der Waals surface area contributed by atoms with Crippen molar-refractivity contribution in [2.24, 2.45) is 5.41 Å². The van der Waals surface area contributed by atoms with Gasteiger partial charge >= 0.3 is 0 Å². The number of benzene rings is 1. The zero-order chi connectivity index (χ0) is 15.3. The van der Waals surface area contributed by atoms with Crippen molar-refractivity contribution < 1.29 is 14.4 Å². The smallest absolute Gasteiger partial charge is 0.273 e. The van der Waals surface area contributed by atoms with Crippen molar-refractivity contribution in [2.45, 2.75) is 32.1 Å². The molecular weight excluding hydrogens is 290 g/mol. The lowest BCUT2D eigenvalue weighted by Crippen LogP contribution is -2.33. The van der Waals surface area contributed by atoms with Crippen LogP contribution >= 0.6 is 12.6 Å². The first-order valence-corrected chi connectivity index (χ1v) is 7.79. The van der Waals surface area contributed by atoms with Crippen LogP contribution in [0.2, 0.25) is 0 Å². The minimum atomic E-state index is -0.429. The molecular formula is C15H21NO4S. The first kappa shape index (κ1) is 15.9. The van der Waals surface area contributed by atoms with E-state index >= 15 is 0 Å². The third kappa shape index (κ3) is 3.81. The van der Waals surface area contributed by atoms with Gasteiger partial charge in [0.2, 0.25) is 0 Å². The van der Waals surface area contributed by atoms with Crippen LogP contribution in [0.3, 0.4) is 0 Å². The van der Waals surface area contributed by atoms with E-state index in [1.807, 2.05) is 0 Å². The highest BCUT2D eigenvalue weighted by molar-refractivity contribution is 7.80. The van der Waals surface area contributed by atoms with Gasteiger partial charge in [0.05, 0.1) is 24.7 Å². The molecule has 0 heterocycles. The third-order valence-electron chi connectivity index (χ3n) is 4.14. The summed E-state index contributed by atoms with van der Waals surface area (Å²) in [6.07, 6.45) is 5.82. The van der Waals surface area contributed by atoms with Gasteiger partial charge in [-0.1, -0.05) is 19.3 Å². The topological polar surface area (TPSA) is 61.6 Å². The van der Waals surface area contributed by atoms with Crippen molar-refractivity contribution in [3.8, 4) is 11.5 Å². The number of rotatable bonds is 6.